The summed E-state index contributed by atoms with van der Waals surface area (Å²) >= 11 is 2.48. The number of carbonyl (C=O) groups excluding carboxylic acids is 2. The normalized spacial score (nSPS) is 17.3. The smallest absolute Gasteiger partial charge is 0.234 e. The van der Waals surface area contributed by atoms with Crippen LogP contribution in [0.5, 0.6) is 5.75 Å². The minimum Gasteiger partial charge on any atom is -0.497 e. The first kappa shape index (κ1) is 25.6. The lowest BCUT2D eigenvalue weighted by Crippen LogP contribution is -2.38. The number of hydrogen-bond acceptors (Lipinski definition) is 11. The van der Waals surface area contributed by atoms with Gasteiger partial charge in [0.25, 0.3) is 0 Å². The van der Waals surface area contributed by atoms with Gasteiger partial charge in [-0.2, -0.15) is 5.26 Å². The number of hydrogen-bond donors (Lipinski definition) is 2. The van der Waals surface area contributed by atoms with Crippen molar-refractivity contribution in [1.29, 1.82) is 5.26 Å². The predicted molar refractivity (Wildman–Crippen MR) is 144 cm³/mol. The van der Waals surface area contributed by atoms with Crippen molar-refractivity contribution in [2.75, 3.05) is 23.1 Å². The SMILES string of the molecule is COc1cccc(NC(=O)CSc2nnc(N3C(N)=C(C#N)C(c4ccc(C)o4)C4=C3CCCC4=O)s2)c1. The van der Waals surface area contributed by atoms with Crippen LogP contribution in [0.15, 0.2) is 67.8 Å². The summed E-state index contributed by atoms with van der Waals surface area (Å²) in [6, 6.07) is 12.9. The summed E-state index contributed by atoms with van der Waals surface area (Å²) in [5, 5.41) is 21.8. The van der Waals surface area contributed by atoms with E-state index < -0.39 is 5.92 Å². The van der Waals surface area contributed by atoms with E-state index in [-0.39, 0.29) is 28.8 Å². The number of ketones is 1. The zero-order valence-corrected chi connectivity index (χ0v) is 22.3. The van der Waals surface area contributed by atoms with Gasteiger partial charge in [0.1, 0.15) is 23.1 Å². The Kier molecular flexibility index (Phi) is 7.22. The molecule has 1 aliphatic carbocycles. The number of carbonyl (C=O) groups is 2. The molecule has 1 unspecified atom stereocenters. The molecule has 0 saturated heterocycles. The Morgan fingerprint density at radius 2 is 2.18 bits per heavy atom. The highest BCUT2D eigenvalue weighted by Crippen LogP contribution is 2.47. The third kappa shape index (κ3) is 4.90. The number of ether oxygens (including phenoxy) is 1. The monoisotopic (exact) mass is 548 g/mol. The van der Waals surface area contributed by atoms with Crippen molar-refractivity contribution >= 4 is 45.6 Å². The van der Waals surface area contributed by atoms with Gasteiger partial charge in [-0.1, -0.05) is 29.2 Å². The Hall–Kier alpha value is -4.08. The van der Waals surface area contributed by atoms with Gasteiger partial charge in [-0.3, -0.25) is 14.5 Å². The quantitative estimate of drug-likeness (QED) is 0.405. The lowest BCUT2D eigenvalue weighted by atomic mass is 9.78. The van der Waals surface area contributed by atoms with Crippen LogP contribution >= 0.6 is 23.1 Å². The minimum absolute atomic E-state index is 0.0381. The van der Waals surface area contributed by atoms with Crippen molar-refractivity contribution in [3.05, 3.63) is 70.6 Å². The van der Waals surface area contributed by atoms with Crippen LogP contribution in [0.25, 0.3) is 0 Å². The molecular weight excluding hydrogens is 524 g/mol. The second-order valence-electron chi connectivity index (χ2n) is 8.68. The third-order valence-electron chi connectivity index (χ3n) is 6.23. The highest BCUT2D eigenvalue weighted by Gasteiger charge is 2.42. The number of benzene rings is 1. The first-order chi connectivity index (χ1) is 18.4. The maximum absolute atomic E-state index is 13.1. The molecule has 0 bridgehead atoms. The van der Waals surface area contributed by atoms with Crippen LogP contribution < -0.4 is 20.7 Å². The lowest BCUT2D eigenvalue weighted by molar-refractivity contribution is -0.116. The fourth-order valence-corrected chi connectivity index (χ4v) is 6.26. The summed E-state index contributed by atoms with van der Waals surface area (Å²) in [6.45, 7) is 1.81. The summed E-state index contributed by atoms with van der Waals surface area (Å²) in [4.78, 5) is 27.3. The summed E-state index contributed by atoms with van der Waals surface area (Å²) in [7, 11) is 1.56. The Balaban J connectivity index is 1.39. The number of anilines is 2. The van der Waals surface area contributed by atoms with E-state index in [4.69, 9.17) is 14.9 Å². The van der Waals surface area contributed by atoms with Gasteiger partial charge in [0.15, 0.2) is 10.1 Å². The highest BCUT2D eigenvalue weighted by atomic mass is 32.2. The summed E-state index contributed by atoms with van der Waals surface area (Å²) in [6.07, 6.45) is 1.65. The number of thioether (sulfide) groups is 1. The molecule has 0 saturated carbocycles. The van der Waals surface area contributed by atoms with Gasteiger partial charge in [0.05, 0.1) is 30.4 Å². The lowest BCUT2D eigenvalue weighted by Gasteiger charge is -2.37. The summed E-state index contributed by atoms with van der Waals surface area (Å²) < 4.78 is 11.6. The summed E-state index contributed by atoms with van der Waals surface area (Å²) in [5.41, 5.74) is 8.63. The fourth-order valence-electron chi connectivity index (χ4n) is 4.57. The number of nitrogens with two attached hydrogens (primary N) is 1. The number of nitrogens with zero attached hydrogens (tertiary/aromatic N) is 4. The molecule has 1 amide bonds. The molecule has 3 aromatic rings. The molecule has 0 fully saturated rings. The number of Topliss-reactive ketones (excluding diaryl/α,β-unsaturated/α-hetero) is 1. The van der Waals surface area contributed by atoms with E-state index in [9.17, 15) is 14.9 Å². The molecular formula is C26H24N6O4S2. The van der Waals surface area contributed by atoms with Gasteiger partial charge in [-0.25, -0.2) is 0 Å². The van der Waals surface area contributed by atoms with Crippen LogP contribution in [0.3, 0.4) is 0 Å². The minimum atomic E-state index is -0.658. The molecule has 3 heterocycles. The Morgan fingerprint density at radius 3 is 2.92 bits per heavy atom. The zero-order valence-electron chi connectivity index (χ0n) is 20.7. The first-order valence-corrected chi connectivity index (χ1v) is 13.6. The standard InChI is InChI=1S/C26H24N6O4S2/c1-14-9-10-20(36-14)22-17(12-27)24(28)32(18-7-4-8-19(33)23(18)22)25-30-31-26(38-25)37-13-21(34)29-15-5-3-6-16(11-15)35-2/h3,5-6,9-11,22H,4,7-8,13,28H2,1-2H3,(H,29,34). The molecule has 38 heavy (non-hydrogen) atoms. The number of allylic oxidation sites excluding steroid dienone is 3. The van der Waals surface area contributed by atoms with Gasteiger partial charge in [0, 0.05) is 29.4 Å². The average molecular weight is 549 g/mol. The van der Waals surface area contributed by atoms with Crippen LogP contribution in [-0.2, 0) is 9.59 Å². The van der Waals surface area contributed by atoms with Crippen LogP contribution in [0.4, 0.5) is 10.8 Å². The van der Waals surface area contributed by atoms with Gasteiger partial charge in [0.2, 0.25) is 11.0 Å². The largest absolute Gasteiger partial charge is 0.497 e. The van der Waals surface area contributed by atoms with Crippen molar-refractivity contribution in [3.8, 4) is 11.8 Å². The molecule has 3 N–H and O–H groups in total. The van der Waals surface area contributed by atoms with Crippen molar-refractivity contribution in [3.63, 3.8) is 0 Å². The van der Waals surface area contributed by atoms with E-state index in [0.29, 0.717) is 63.0 Å². The van der Waals surface area contributed by atoms with Gasteiger partial charge in [-0.15, -0.1) is 10.2 Å². The van der Waals surface area contributed by atoms with Crippen LogP contribution in [0.1, 0.15) is 36.7 Å². The van der Waals surface area contributed by atoms with Crippen molar-refractivity contribution in [2.24, 2.45) is 5.73 Å². The molecule has 0 radical (unpaired) electrons. The van der Waals surface area contributed by atoms with Crippen molar-refractivity contribution in [1.82, 2.24) is 10.2 Å². The van der Waals surface area contributed by atoms with E-state index in [0.717, 1.165) is 0 Å². The first-order valence-electron chi connectivity index (χ1n) is 11.8. The Bertz CT molecular complexity index is 1520. The number of nitrogens with one attached hydrogen (secondary N) is 1. The molecule has 1 atom stereocenters. The van der Waals surface area contributed by atoms with Crippen LogP contribution in [-0.4, -0.2) is 34.8 Å². The molecule has 1 aromatic carbocycles. The van der Waals surface area contributed by atoms with Gasteiger partial charge < -0.3 is 20.2 Å². The van der Waals surface area contributed by atoms with E-state index >= 15 is 0 Å². The zero-order chi connectivity index (χ0) is 26.8. The average Bonchev–Trinajstić information content (AvgIpc) is 3.56. The number of aryl methyl sites for hydroxylation is 1. The Morgan fingerprint density at radius 1 is 1.34 bits per heavy atom. The number of furan rings is 1. The van der Waals surface area contributed by atoms with Crippen LogP contribution in [0, 0.1) is 18.3 Å². The summed E-state index contributed by atoms with van der Waals surface area (Å²) in [5.74, 6) is 1.26. The fraction of sp³-hybridized carbons (Fsp3) is 0.269. The van der Waals surface area contributed by atoms with E-state index in [1.165, 1.54) is 23.1 Å². The molecule has 12 heteroatoms. The predicted octanol–water partition coefficient (Wildman–Crippen LogP) is 4.48. The number of rotatable bonds is 7. The highest BCUT2D eigenvalue weighted by molar-refractivity contribution is 8.01. The van der Waals surface area contributed by atoms with Crippen molar-refractivity contribution in [2.45, 2.75) is 36.4 Å². The molecule has 0 spiro atoms. The Labute approximate surface area is 227 Å². The van der Waals surface area contributed by atoms with Crippen molar-refractivity contribution < 1.29 is 18.7 Å². The van der Waals surface area contributed by atoms with E-state index in [2.05, 4.69) is 21.6 Å². The topological polar surface area (TPSA) is 147 Å². The second-order valence-corrected chi connectivity index (χ2v) is 10.9. The molecule has 194 valence electrons. The van der Waals surface area contributed by atoms with Gasteiger partial charge in [-0.05, 0) is 44.0 Å². The molecule has 2 aromatic heterocycles. The van der Waals surface area contributed by atoms with Crippen LogP contribution in [0.2, 0.25) is 0 Å². The second kappa shape index (κ2) is 10.7. The maximum Gasteiger partial charge on any atom is 0.234 e. The number of amides is 1. The molecule has 1 aliphatic heterocycles. The number of nitriles is 1. The number of methoxy groups -OCH3 is 1. The van der Waals surface area contributed by atoms with Gasteiger partial charge >= 0.3 is 0 Å². The molecule has 2 aliphatic rings. The third-order valence-corrected chi connectivity index (χ3v) is 8.27. The number of aromatic nitrogens is 2. The van der Waals surface area contributed by atoms with E-state index in [1.807, 2.05) is 6.92 Å². The van der Waals surface area contributed by atoms with E-state index in [1.54, 1.807) is 48.4 Å². The maximum atomic E-state index is 13.1. The molecule has 5 rings (SSSR count). The molecule has 10 nitrogen and oxygen atoms in total.